The van der Waals surface area contributed by atoms with Crippen LogP contribution in [-0.4, -0.2) is 29.4 Å². The molecular formula is C10H16N4OS. The molecule has 1 aromatic rings. The van der Waals surface area contributed by atoms with Crippen molar-refractivity contribution >= 4 is 23.4 Å². The zero-order chi connectivity index (χ0) is 11.8. The third-order valence-corrected chi connectivity index (χ3v) is 2.67. The first-order chi connectivity index (χ1) is 7.77. The highest BCUT2D eigenvalue weighted by Gasteiger charge is 2.06. The maximum Gasteiger partial charge on any atom is 0.269 e. The third-order valence-electron chi connectivity index (χ3n) is 1.97. The van der Waals surface area contributed by atoms with E-state index in [9.17, 15) is 4.79 Å². The summed E-state index contributed by atoms with van der Waals surface area (Å²) in [5.74, 6) is 6.12. The first-order valence-corrected chi connectivity index (χ1v) is 6.37. The summed E-state index contributed by atoms with van der Waals surface area (Å²) < 4.78 is 0. The van der Waals surface area contributed by atoms with Gasteiger partial charge in [-0.05, 0) is 30.6 Å². The van der Waals surface area contributed by atoms with Gasteiger partial charge in [-0.3, -0.25) is 15.6 Å². The molecule has 0 aliphatic heterocycles. The van der Waals surface area contributed by atoms with Crippen LogP contribution in [0.5, 0.6) is 0 Å². The van der Waals surface area contributed by atoms with E-state index in [0.717, 1.165) is 12.2 Å². The van der Waals surface area contributed by atoms with Crippen LogP contribution in [-0.2, 0) is 0 Å². The fourth-order valence-corrected chi connectivity index (χ4v) is 1.59. The second-order valence-corrected chi connectivity index (χ2v) is 4.16. The van der Waals surface area contributed by atoms with Gasteiger partial charge in [0, 0.05) is 12.7 Å². The normalized spacial score (nSPS) is 9.88. The average molecular weight is 240 g/mol. The molecule has 0 aromatic carbocycles. The van der Waals surface area contributed by atoms with Crippen LogP contribution in [0, 0.1) is 0 Å². The topological polar surface area (TPSA) is 80.0 Å². The smallest absolute Gasteiger partial charge is 0.269 e. The maximum absolute atomic E-state index is 11.6. The number of hydrogen-bond donors (Lipinski definition) is 3. The number of rotatable bonds is 6. The molecule has 0 unspecified atom stereocenters. The van der Waals surface area contributed by atoms with Gasteiger partial charge in [0.2, 0.25) is 0 Å². The molecule has 0 atom stereocenters. The number of nitrogen functional groups attached to an aromatic ring is 1. The number of anilines is 1. The van der Waals surface area contributed by atoms with Gasteiger partial charge in [0.1, 0.15) is 5.69 Å². The number of thioether (sulfide) groups is 1. The van der Waals surface area contributed by atoms with Gasteiger partial charge in [-0.2, -0.15) is 11.8 Å². The van der Waals surface area contributed by atoms with E-state index in [4.69, 9.17) is 5.84 Å². The summed E-state index contributed by atoms with van der Waals surface area (Å²) in [5.41, 5.74) is 3.52. The maximum atomic E-state index is 11.6. The standard InChI is InChI=1S/C10H16N4OS/c1-16-6-2-4-13-10(15)9-7-8(14-11)3-5-12-9/h3,5,7H,2,4,6,11H2,1H3,(H,12,14)(H,13,15). The van der Waals surface area contributed by atoms with Gasteiger partial charge in [-0.15, -0.1) is 0 Å². The minimum Gasteiger partial charge on any atom is -0.351 e. The van der Waals surface area contributed by atoms with Crippen LogP contribution in [0.2, 0.25) is 0 Å². The lowest BCUT2D eigenvalue weighted by Gasteiger charge is -2.05. The minimum absolute atomic E-state index is 0.168. The lowest BCUT2D eigenvalue weighted by Crippen LogP contribution is -2.25. The van der Waals surface area contributed by atoms with Crippen molar-refractivity contribution in [3.8, 4) is 0 Å². The van der Waals surface area contributed by atoms with E-state index in [2.05, 4.69) is 15.7 Å². The van der Waals surface area contributed by atoms with Crippen LogP contribution >= 0.6 is 11.8 Å². The Kier molecular flexibility index (Phi) is 5.66. The van der Waals surface area contributed by atoms with Gasteiger partial charge in [-0.1, -0.05) is 0 Å². The van der Waals surface area contributed by atoms with Gasteiger partial charge in [0.05, 0.1) is 5.69 Å². The summed E-state index contributed by atoms with van der Waals surface area (Å²) >= 11 is 1.76. The molecule has 0 radical (unpaired) electrons. The fraction of sp³-hybridized carbons (Fsp3) is 0.400. The zero-order valence-electron chi connectivity index (χ0n) is 9.19. The summed E-state index contributed by atoms with van der Waals surface area (Å²) in [7, 11) is 0. The highest BCUT2D eigenvalue weighted by Crippen LogP contribution is 2.05. The van der Waals surface area contributed by atoms with Crippen molar-refractivity contribution in [3.05, 3.63) is 24.0 Å². The molecular weight excluding hydrogens is 224 g/mol. The van der Waals surface area contributed by atoms with E-state index in [1.807, 2.05) is 6.26 Å². The molecule has 5 nitrogen and oxygen atoms in total. The predicted molar refractivity (Wildman–Crippen MR) is 67.4 cm³/mol. The van der Waals surface area contributed by atoms with Gasteiger partial charge in [-0.25, -0.2) is 0 Å². The molecule has 1 aromatic heterocycles. The largest absolute Gasteiger partial charge is 0.351 e. The molecule has 1 rings (SSSR count). The van der Waals surface area contributed by atoms with Crippen LogP contribution < -0.4 is 16.6 Å². The van der Waals surface area contributed by atoms with Gasteiger partial charge in [0.25, 0.3) is 5.91 Å². The van der Waals surface area contributed by atoms with Gasteiger partial charge < -0.3 is 10.7 Å². The number of nitrogens with one attached hydrogen (secondary N) is 2. The Morgan fingerprint density at radius 2 is 2.44 bits per heavy atom. The van der Waals surface area contributed by atoms with Crippen LogP contribution in [0.4, 0.5) is 5.69 Å². The van der Waals surface area contributed by atoms with Crippen molar-refractivity contribution < 1.29 is 4.79 Å². The second-order valence-electron chi connectivity index (χ2n) is 3.18. The fourth-order valence-electron chi connectivity index (χ4n) is 1.15. The Hall–Kier alpha value is -1.27. The van der Waals surface area contributed by atoms with Crippen LogP contribution in [0.15, 0.2) is 18.3 Å². The van der Waals surface area contributed by atoms with Crippen molar-refractivity contribution in [2.24, 2.45) is 5.84 Å². The number of aromatic nitrogens is 1. The highest BCUT2D eigenvalue weighted by molar-refractivity contribution is 7.98. The molecule has 1 amide bonds. The summed E-state index contributed by atoms with van der Waals surface area (Å²) in [5, 5.41) is 2.80. The van der Waals surface area contributed by atoms with Gasteiger partial charge in [0.15, 0.2) is 0 Å². The number of nitrogens with two attached hydrogens (primary N) is 1. The molecule has 16 heavy (non-hydrogen) atoms. The van der Waals surface area contributed by atoms with Crippen molar-refractivity contribution in [2.45, 2.75) is 6.42 Å². The number of carbonyl (C=O) groups is 1. The van der Waals surface area contributed by atoms with E-state index in [1.165, 1.54) is 0 Å². The molecule has 0 saturated heterocycles. The minimum atomic E-state index is -0.168. The molecule has 0 aliphatic carbocycles. The van der Waals surface area contributed by atoms with Crippen LogP contribution in [0.1, 0.15) is 16.9 Å². The van der Waals surface area contributed by atoms with E-state index >= 15 is 0 Å². The van der Waals surface area contributed by atoms with Crippen LogP contribution in [0.25, 0.3) is 0 Å². The van der Waals surface area contributed by atoms with E-state index in [-0.39, 0.29) is 5.91 Å². The molecule has 4 N–H and O–H groups in total. The number of hydrazine groups is 1. The molecule has 0 fully saturated rings. The Morgan fingerprint density at radius 1 is 1.62 bits per heavy atom. The SMILES string of the molecule is CSCCCNC(=O)c1cc(NN)ccn1. The highest BCUT2D eigenvalue weighted by atomic mass is 32.2. The number of hydrogen-bond acceptors (Lipinski definition) is 5. The molecule has 88 valence electrons. The Bertz CT molecular complexity index is 345. The molecule has 0 bridgehead atoms. The lowest BCUT2D eigenvalue weighted by molar-refractivity contribution is 0.0949. The number of carbonyl (C=O) groups excluding carboxylic acids is 1. The monoisotopic (exact) mass is 240 g/mol. The third kappa shape index (κ3) is 4.08. The van der Waals surface area contributed by atoms with E-state index < -0.39 is 0 Å². The summed E-state index contributed by atoms with van der Waals surface area (Å²) in [6, 6.07) is 3.31. The van der Waals surface area contributed by atoms with Crippen LogP contribution in [0.3, 0.4) is 0 Å². The average Bonchev–Trinajstić information content (AvgIpc) is 2.34. The van der Waals surface area contributed by atoms with E-state index in [1.54, 1.807) is 30.1 Å². The number of amides is 1. The van der Waals surface area contributed by atoms with Crippen molar-refractivity contribution in [3.63, 3.8) is 0 Å². The first kappa shape index (κ1) is 12.8. The molecule has 0 saturated carbocycles. The first-order valence-electron chi connectivity index (χ1n) is 4.97. The Morgan fingerprint density at radius 3 is 3.12 bits per heavy atom. The Balaban J connectivity index is 2.46. The number of nitrogens with zero attached hydrogens (tertiary/aromatic N) is 1. The van der Waals surface area contributed by atoms with E-state index in [0.29, 0.717) is 17.9 Å². The lowest BCUT2D eigenvalue weighted by atomic mass is 10.3. The summed E-state index contributed by atoms with van der Waals surface area (Å²) in [4.78, 5) is 15.6. The zero-order valence-corrected chi connectivity index (χ0v) is 10.0. The van der Waals surface area contributed by atoms with Crippen molar-refractivity contribution in [2.75, 3.05) is 24.0 Å². The molecule has 0 aliphatic rings. The summed E-state index contributed by atoms with van der Waals surface area (Å²) in [6.45, 7) is 0.668. The second kappa shape index (κ2) is 7.08. The predicted octanol–water partition coefficient (Wildman–Crippen LogP) is 0.850. The Labute approximate surface area is 99.2 Å². The van der Waals surface area contributed by atoms with Gasteiger partial charge >= 0.3 is 0 Å². The summed E-state index contributed by atoms with van der Waals surface area (Å²) in [6.07, 6.45) is 4.55. The molecule has 1 heterocycles. The quantitative estimate of drug-likeness (QED) is 0.390. The van der Waals surface area contributed by atoms with Crippen molar-refractivity contribution in [1.82, 2.24) is 10.3 Å². The van der Waals surface area contributed by atoms with Crippen molar-refractivity contribution in [1.29, 1.82) is 0 Å². The molecule has 0 spiro atoms. The molecule has 6 heteroatoms. The number of pyridine rings is 1.